The first-order valence-electron chi connectivity index (χ1n) is 6.06. The molecule has 1 aromatic heterocycles. The highest BCUT2D eigenvalue weighted by molar-refractivity contribution is 7.11. The molecule has 1 N–H and O–H groups in total. The van der Waals surface area contributed by atoms with Crippen LogP contribution in [0.15, 0.2) is 0 Å². The van der Waals surface area contributed by atoms with Crippen molar-refractivity contribution in [2.45, 2.75) is 38.6 Å². The summed E-state index contributed by atoms with van der Waals surface area (Å²) in [6.45, 7) is 3.89. The number of nitrogens with zero attached hydrogens (tertiary/aromatic N) is 1. The summed E-state index contributed by atoms with van der Waals surface area (Å²) in [7, 11) is 1.75. The first kappa shape index (κ1) is 12.0. The molecule has 1 atom stereocenters. The van der Waals surface area contributed by atoms with Crippen LogP contribution in [0.4, 0.5) is 0 Å². The van der Waals surface area contributed by atoms with Crippen molar-refractivity contribution in [1.29, 1.82) is 0 Å². The second-order valence-corrected chi connectivity index (χ2v) is 5.28. The van der Waals surface area contributed by atoms with Crippen LogP contribution in [0.1, 0.15) is 41.4 Å². The molecule has 0 aliphatic heterocycles. The first-order chi connectivity index (χ1) is 7.85. The van der Waals surface area contributed by atoms with Crippen LogP contribution in [0, 0.1) is 0 Å². The Bertz CT molecular complexity index is 338. The molecule has 4 heteroatoms. The molecule has 1 aromatic rings. The molecule has 0 amide bonds. The molecule has 90 valence electrons. The molecule has 1 aliphatic rings. The molecule has 0 saturated carbocycles. The van der Waals surface area contributed by atoms with E-state index in [1.807, 2.05) is 11.3 Å². The molecule has 3 nitrogen and oxygen atoms in total. The molecule has 0 spiro atoms. The average molecular weight is 240 g/mol. The largest absolute Gasteiger partial charge is 0.383 e. The van der Waals surface area contributed by atoms with Gasteiger partial charge in [-0.15, -0.1) is 11.3 Å². The molecule has 1 unspecified atom stereocenters. The van der Waals surface area contributed by atoms with Crippen LogP contribution < -0.4 is 5.32 Å². The predicted molar refractivity (Wildman–Crippen MR) is 67.0 cm³/mol. The van der Waals surface area contributed by atoms with Gasteiger partial charge in [0.15, 0.2) is 0 Å². The summed E-state index contributed by atoms with van der Waals surface area (Å²) in [4.78, 5) is 6.17. The lowest BCUT2D eigenvalue weighted by Gasteiger charge is -2.22. The van der Waals surface area contributed by atoms with Gasteiger partial charge >= 0.3 is 0 Å². The summed E-state index contributed by atoms with van der Waals surface area (Å²) >= 11 is 1.89. The van der Waals surface area contributed by atoms with Crippen molar-refractivity contribution >= 4 is 11.3 Å². The van der Waals surface area contributed by atoms with Crippen molar-refractivity contribution in [1.82, 2.24) is 10.3 Å². The van der Waals surface area contributed by atoms with Gasteiger partial charge in [0, 0.05) is 24.6 Å². The highest BCUT2D eigenvalue weighted by Crippen LogP contribution is 2.34. The quantitative estimate of drug-likeness (QED) is 0.802. The lowest BCUT2D eigenvalue weighted by atomic mass is 9.98. The van der Waals surface area contributed by atoms with Crippen molar-refractivity contribution in [2.75, 3.05) is 20.3 Å². The van der Waals surface area contributed by atoms with E-state index < -0.39 is 0 Å². The van der Waals surface area contributed by atoms with Gasteiger partial charge in [0.05, 0.1) is 17.3 Å². The van der Waals surface area contributed by atoms with Gasteiger partial charge in [-0.05, 0) is 25.7 Å². The van der Waals surface area contributed by atoms with Gasteiger partial charge in [0.1, 0.15) is 0 Å². The second kappa shape index (κ2) is 5.75. The van der Waals surface area contributed by atoms with E-state index in [0.717, 1.165) is 26.0 Å². The molecule has 0 fully saturated rings. The van der Waals surface area contributed by atoms with Gasteiger partial charge < -0.3 is 10.1 Å². The minimum atomic E-state index is 0.511. The molecule has 0 radical (unpaired) electrons. The van der Waals surface area contributed by atoms with Gasteiger partial charge in [0.25, 0.3) is 0 Å². The smallest absolute Gasteiger partial charge is 0.0928 e. The standard InChI is InChI=1S/C12H20N2OS/c1-3-11-14-10-6-4-5-9(12(10)16-11)13-7-8-15-2/h9,13H,3-8H2,1-2H3. The zero-order chi connectivity index (χ0) is 11.4. The monoisotopic (exact) mass is 240 g/mol. The van der Waals surface area contributed by atoms with E-state index in [1.165, 1.54) is 28.4 Å². The van der Waals surface area contributed by atoms with Crippen LogP contribution in [0.25, 0.3) is 0 Å². The third kappa shape index (κ3) is 2.62. The number of hydrogen-bond acceptors (Lipinski definition) is 4. The Morgan fingerprint density at radius 2 is 2.44 bits per heavy atom. The number of thiazole rings is 1. The number of rotatable bonds is 5. The topological polar surface area (TPSA) is 34.2 Å². The number of nitrogens with one attached hydrogen (secondary N) is 1. The van der Waals surface area contributed by atoms with Crippen molar-refractivity contribution < 1.29 is 4.74 Å². The fourth-order valence-corrected chi connectivity index (χ4v) is 3.31. The summed E-state index contributed by atoms with van der Waals surface area (Å²) in [5.74, 6) is 0. The fraction of sp³-hybridized carbons (Fsp3) is 0.750. The van der Waals surface area contributed by atoms with Crippen LogP contribution in [0.5, 0.6) is 0 Å². The van der Waals surface area contributed by atoms with E-state index in [0.29, 0.717) is 6.04 Å². The Morgan fingerprint density at radius 1 is 1.56 bits per heavy atom. The molecule has 16 heavy (non-hydrogen) atoms. The van der Waals surface area contributed by atoms with Crippen LogP contribution in [0.3, 0.4) is 0 Å². The molecule has 1 aliphatic carbocycles. The van der Waals surface area contributed by atoms with Crippen LogP contribution in [-0.4, -0.2) is 25.2 Å². The number of aryl methyl sites for hydroxylation is 2. The zero-order valence-corrected chi connectivity index (χ0v) is 10.9. The Morgan fingerprint density at radius 3 is 3.19 bits per heavy atom. The third-order valence-corrected chi connectivity index (χ3v) is 4.35. The van der Waals surface area contributed by atoms with Gasteiger partial charge in [-0.25, -0.2) is 4.98 Å². The van der Waals surface area contributed by atoms with E-state index >= 15 is 0 Å². The maximum Gasteiger partial charge on any atom is 0.0928 e. The molecular formula is C12H20N2OS. The summed E-state index contributed by atoms with van der Waals surface area (Å²) < 4.78 is 5.07. The number of fused-ring (bicyclic) bond motifs is 1. The number of hydrogen-bond donors (Lipinski definition) is 1. The molecule has 0 saturated heterocycles. The van der Waals surface area contributed by atoms with Crippen LogP contribution in [0.2, 0.25) is 0 Å². The van der Waals surface area contributed by atoms with E-state index in [-0.39, 0.29) is 0 Å². The average Bonchev–Trinajstić information content (AvgIpc) is 2.73. The minimum Gasteiger partial charge on any atom is -0.383 e. The lowest BCUT2D eigenvalue weighted by molar-refractivity contribution is 0.194. The van der Waals surface area contributed by atoms with Crippen LogP contribution >= 0.6 is 11.3 Å². The number of aromatic nitrogens is 1. The molecule has 2 rings (SSSR count). The van der Waals surface area contributed by atoms with Crippen LogP contribution in [-0.2, 0) is 17.6 Å². The summed E-state index contributed by atoms with van der Waals surface area (Å²) in [6.07, 6.45) is 4.71. The van der Waals surface area contributed by atoms with Crippen molar-refractivity contribution in [3.63, 3.8) is 0 Å². The highest BCUT2D eigenvalue weighted by Gasteiger charge is 2.23. The third-order valence-electron chi connectivity index (χ3n) is 2.99. The van der Waals surface area contributed by atoms with E-state index in [4.69, 9.17) is 9.72 Å². The van der Waals surface area contributed by atoms with E-state index in [1.54, 1.807) is 7.11 Å². The van der Waals surface area contributed by atoms with E-state index in [9.17, 15) is 0 Å². The molecule has 1 heterocycles. The van der Waals surface area contributed by atoms with Crippen molar-refractivity contribution in [3.05, 3.63) is 15.6 Å². The second-order valence-electron chi connectivity index (χ2n) is 4.16. The van der Waals surface area contributed by atoms with Crippen molar-refractivity contribution in [3.8, 4) is 0 Å². The first-order valence-corrected chi connectivity index (χ1v) is 6.87. The maximum atomic E-state index is 5.07. The fourth-order valence-electron chi connectivity index (χ4n) is 2.15. The minimum absolute atomic E-state index is 0.511. The Labute approximate surface area is 101 Å². The van der Waals surface area contributed by atoms with Gasteiger partial charge in [-0.1, -0.05) is 6.92 Å². The van der Waals surface area contributed by atoms with Gasteiger partial charge in [-0.2, -0.15) is 0 Å². The Hall–Kier alpha value is -0.450. The van der Waals surface area contributed by atoms with Gasteiger partial charge in [0.2, 0.25) is 0 Å². The zero-order valence-electron chi connectivity index (χ0n) is 10.1. The van der Waals surface area contributed by atoms with Gasteiger partial charge in [-0.3, -0.25) is 0 Å². The number of ether oxygens (including phenoxy) is 1. The normalized spacial score (nSPS) is 19.8. The summed E-state index contributed by atoms with van der Waals surface area (Å²) in [5.41, 5.74) is 1.34. The number of methoxy groups -OCH3 is 1. The Kier molecular flexibility index (Phi) is 4.32. The lowest BCUT2D eigenvalue weighted by Crippen LogP contribution is -2.27. The highest BCUT2D eigenvalue weighted by atomic mass is 32.1. The SMILES string of the molecule is CCc1nc2c(s1)C(NCCOC)CCC2. The van der Waals surface area contributed by atoms with Crippen molar-refractivity contribution in [2.24, 2.45) is 0 Å². The molecule has 0 aromatic carbocycles. The Balaban J connectivity index is 2.03. The summed E-state index contributed by atoms with van der Waals surface area (Å²) in [5, 5.41) is 4.84. The molecular weight excluding hydrogens is 220 g/mol. The maximum absolute atomic E-state index is 5.07. The molecule has 0 bridgehead atoms. The predicted octanol–water partition coefficient (Wildman–Crippen LogP) is 2.32. The van der Waals surface area contributed by atoms with E-state index in [2.05, 4.69) is 12.2 Å². The summed E-state index contributed by atoms with van der Waals surface area (Å²) in [6, 6.07) is 0.511.